The molecule has 7 nitrogen and oxygen atoms in total. The van der Waals surface area contributed by atoms with Gasteiger partial charge in [-0.2, -0.15) is 0 Å². The summed E-state index contributed by atoms with van der Waals surface area (Å²) in [5.41, 5.74) is 4.10. The Hall–Kier alpha value is -3.49. The number of ether oxygens (including phenoxy) is 1. The summed E-state index contributed by atoms with van der Waals surface area (Å²) in [6.45, 7) is 2.32. The second-order valence-corrected chi connectivity index (χ2v) is 9.25. The zero-order valence-corrected chi connectivity index (χ0v) is 19.3. The summed E-state index contributed by atoms with van der Waals surface area (Å²) < 4.78 is 32.6. The monoisotopic (exact) mass is 486 g/mol. The molecule has 4 rings (SSSR count). The number of alkyl halides is 2. The van der Waals surface area contributed by atoms with Gasteiger partial charge >= 0.3 is 12.1 Å². The predicted molar refractivity (Wildman–Crippen MR) is 124 cm³/mol. The van der Waals surface area contributed by atoms with Crippen LogP contribution in [-0.4, -0.2) is 60.1 Å². The molecule has 3 atom stereocenters. The Labute approximate surface area is 202 Å². The van der Waals surface area contributed by atoms with Crippen LogP contribution >= 0.6 is 0 Å². The lowest BCUT2D eigenvalue weighted by Gasteiger charge is -2.22. The van der Waals surface area contributed by atoms with Gasteiger partial charge in [0.2, 0.25) is 5.91 Å². The molecule has 1 heterocycles. The van der Waals surface area contributed by atoms with E-state index in [0.717, 1.165) is 22.3 Å². The molecule has 1 aliphatic carbocycles. The maximum absolute atomic E-state index is 13.6. The molecule has 2 amide bonds. The van der Waals surface area contributed by atoms with Gasteiger partial charge in [-0.05, 0) is 34.1 Å². The number of hydrogen-bond donors (Lipinski definition) is 2. The van der Waals surface area contributed by atoms with Gasteiger partial charge in [0.25, 0.3) is 6.43 Å². The van der Waals surface area contributed by atoms with Crippen LogP contribution in [0.4, 0.5) is 13.6 Å². The zero-order valence-electron chi connectivity index (χ0n) is 19.3. The van der Waals surface area contributed by atoms with Gasteiger partial charge < -0.3 is 20.1 Å². The highest BCUT2D eigenvalue weighted by molar-refractivity contribution is 5.80. The van der Waals surface area contributed by atoms with Crippen molar-refractivity contribution < 1.29 is 33.0 Å². The lowest BCUT2D eigenvalue weighted by Crippen LogP contribution is -2.44. The number of nitrogens with one attached hydrogen (secondary N) is 1. The van der Waals surface area contributed by atoms with Crippen molar-refractivity contribution >= 4 is 18.0 Å². The summed E-state index contributed by atoms with van der Waals surface area (Å²) in [5.74, 6) is -1.99. The molecule has 0 aromatic heterocycles. The maximum Gasteiger partial charge on any atom is 0.407 e. The maximum atomic E-state index is 13.6. The number of carboxylic acid groups (broad SMARTS) is 1. The first-order chi connectivity index (χ1) is 16.7. The average molecular weight is 487 g/mol. The van der Waals surface area contributed by atoms with Crippen LogP contribution in [0.1, 0.15) is 36.8 Å². The summed E-state index contributed by atoms with van der Waals surface area (Å²) >= 11 is 0. The molecule has 2 aromatic rings. The van der Waals surface area contributed by atoms with Crippen LogP contribution in [0.3, 0.4) is 0 Å². The Morgan fingerprint density at radius 1 is 1.06 bits per heavy atom. The minimum absolute atomic E-state index is 0.0235. The van der Waals surface area contributed by atoms with Crippen molar-refractivity contribution in [1.29, 1.82) is 0 Å². The number of fused-ring (bicyclic) bond motifs is 3. The normalized spacial score (nSPS) is 19.8. The molecule has 35 heavy (non-hydrogen) atoms. The predicted octanol–water partition coefficient (Wildman–Crippen LogP) is 4.12. The molecule has 1 saturated heterocycles. The van der Waals surface area contributed by atoms with E-state index in [1.54, 1.807) is 0 Å². The fourth-order valence-electron chi connectivity index (χ4n) is 5.04. The minimum Gasteiger partial charge on any atom is -0.481 e. The Morgan fingerprint density at radius 2 is 1.66 bits per heavy atom. The van der Waals surface area contributed by atoms with Crippen LogP contribution in [0.5, 0.6) is 0 Å². The van der Waals surface area contributed by atoms with Crippen LogP contribution < -0.4 is 5.32 Å². The molecule has 9 heteroatoms. The standard InChI is InChI=1S/C26H28F2N2O5/c1-15-12-30(13-16(15)10-24(32)33)23(31)11-22(25(27)28)29-26(34)35-14-21-19-8-4-2-6-17(19)18-7-3-5-9-20(18)21/h2-9,15-16,21-22,25H,10-14H2,1H3,(H,29,34)(H,32,33). The van der Waals surface area contributed by atoms with Gasteiger partial charge in [0.15, 0.2) is 0 Å². The van der Waals surface area contributed by atoms with E-state index in [1.807, 2.05) is 55.5 Å². The molecular formula is C26H28F2N2O5. The van der Waals surface area contributed by atoms with E-state index in [9.17, 15) is 23.2 Å². The van der Waals surface area contributed by atoms with Gasteiger partial charge in [0, 0.05) is 19.0 Å². The van der Waals surface area contributed by atoms with Gasteiger partial charge in [-0.3, -0.25) is 9.59 Å². The van der Waals surface area contributed by atoms with Gasteiger partial charge in [-0.1, -0.05) is 55.5 Å². The summed E-state index contributed by atoms with van der Waals surface area (Å²) in [6.07, 6.45) is -4.65. The fourth-order valence-corrected chi connectivity index (χ4v) is 5.04. The first kappa shape index (κ1) is 24.6. The quantitative estimate of drug-likeness (QED) is 0.585. The molecule has 1 fully saturated rings. The summed E-state index contributed by atoms with van der Waals surface area (Å²) in [4.78, 5) is 37.4. The van der Waals surface area contributed by atoms with Gasteiger partial charge in [0.05, 0.1) is 12.8 Å². The van der Waals surface area contributed by atoms with Crippen molar-refractivity contribution in [3.8, 4) is 11.1 Å². The van der Waals surface area contributed by atoms with Gasteiger partial charge in [-0.25, -0.2) is 13.6 Å². The smallest absolute Gasteiger partial charge is 0.407 e. The number of carbonyl (C=O) groups is 3. The molecule has 0 bridgehead atoms. The number of amides is 2. The van der Waals surface area contributed by atoms with Crippen molar-refractivity contribution in [3.05, 3.63) is 59.7 Å². The number of benzene rings is 2. The van der Waals surface area contributed by atoms with Crippen LogP contribution in [-0.2, 0) is 14.3 Å². The van der Waals surface area contributed by atoms with Crippen LogP contribution in [0.2, 0.25) is 0 Å². The number of alkyl carbamates (subject to hydrolysis) is 1. The number of nitrogens with zero attached hydrogens (tertiary/aromatic N) is 1. The largest absolute Gasteiger partial charge is 0.481 e. The number of hydrogen-bond acceptors (Lipinski definition) is 4. The number of halogens is 2. The Bertz CT molecular complexity index is 1060. The van der Waals surface area contributed by atoms with E-state index in [-0.39, 0.29) is 37.3 Å². The summed E-state index contributed by atoms with van der Waals surface area (Å²) in [7, 11) is 0. The molecule has 2 N–H and O–H groups in total. The Morgan fingerprint density at radius 3 is 2.23 bits per heavy atom. The Balaban J connectivity index is 1.34. The van der Waals surface area contributed by atoms with Gasteiger partial charge in [0.1, 0.15) is 12.6 Å². The summed E-state index contributed by atoms with van der Waals surface area (Å²) in [5, 5.41) is 11.2. The highest BCUT2D eigenvalue weighted by atomic mass is 19.3. The number of likely N-dealkylation sites (tertiary alicyclic amines) is 1. The van der Waals surface area contributed by atoms with Crippen molar-refractivity contribution in [3.63, 3.8) is 0 Å². The van der Waals surface area contributed by atoms with E-state index < -0.39 is 36.9 Å². The topological polar surface area (TPSA) is 95.9 Å². The lowest BCUT2D eigenvalue weighted by molar-refractivity contribution is -0.138. The molecule has 1 aliphatic heterocycles. The highest BCUT2D eigenvalue weighted by Gasteiger charge is 2.36. The molecule has 186 valence electrons. The van der Waals surface area contributed by atoms with E-state index in [4.69, 9.17) is 9.84 Å². The fraction of sp³-hybridized carbons (Fsp3) is 0.423. The number of aliphatic carboxylic acids is 1. The summed E-state index contributed by atoms with van der Waals surface area (Å²) in [6, 6.07) is 13.9. The third-order valence-electron chi connectivity index (χ3n) is 6.90. The number of rotatable bonds is 8. The Kier molecular flexibility index (Phi) is 7.33. The molecule has 0 spiro atoms. The zero-order chi connectivity index (χ0) is 25.1. The van der Waals surface area contributed by atoms with E-state index >= 15 is 0 Å². The van der Waals surface area contributed by atoms with E-state index in [1.165, 1.54) is 4.90 Å². The molecule has 2 aliphatic rings. The molecule has 2 aromatic carbocycles. The van der Waals surface area contributed by atoms with Crippen molar-refractivity contribution in [2.75, 3.05) is 19.7 Å². The highest BCUT2D eigenvalue weighted by Crippen LogP contribution is 2.44. The molecular weight excluding hydrogens is 458 g/mol. The van der Waals surface area contributed by atoms with Crippen molar-refractivity contribution in [2.45, 2.75) is 38.2 Å². The molecule has 0 radical (unpaired) electrons. The second kappa shape index (κ2) is 10.4. The average Bonchev–Trinajstić information content (AvgIpc) is 3.34. The number of carboxylic acids is 1. The van der Waals surface area contributed by atoms with Crippen LogP contribution in [0, 0.1) is 11.8 Å². The number of carbonyl (C=O) groups excluding carboxylic acids is 2. The molecule has 0 saturated carbocycles. The van der Waals surface area contributed by atoms with Crippen LogP contribution in [0.15, 0.2) is 48.5 Å². The van der Waals surface area contributed by atoms with E-state index in [2.05, 4.69) is 5.32 Å². The first-order valence-corrected chi connectivity index (χ1v) is 11.6. The lowest BCUT2D eigenvalue weighted by atomic mass is 9.95. The second-order valence-electron chi connectivity index (χ2n) is 9.25. The van der Waals surface area contributed by atoms with Crippen molar-refractivity contribution in [2.24, 2.45) is 11.8 Å². The van der Waals surface area contributed by atoms with Gasteiger partial charge in [-0.15, -0.1) is 0 Å². The van der Waals surface area contributed by atoms with Crippen molar-refractivity contribution in [1.82, 2.24) is 10.2 Å². The third kappa shape index (κ3) is 5.44. The molecule has 3 unspecified atom stereocenters. The first-order valence-electron chi connectivity index (χ1n) is 11.6. The third-order valence-corrected chi connectivity index (χ3v) is 6.90. The van der Waals surface area contributed by atoms with E-state index in [0.29, 0.717) is 6.54 Å². The SMILES string of the molecule is CC1CN(C(=O)CC(NC(=O)OCC2c3ccccc3-c3ccccc32)C(F)F)CC1CC(=O)O. The minimum atomic E-state index is -2.96. The van der Waals surface area contributed by atoms with Crippen LogP contribution in [0.25, 0.3) is 11.1 Å².